The summed E-state index contributed by atoms with van der Waals surface area (Å²) in [5, 5.41) is 8.97. The number of carboxylic acids is 1. The van der Waals surface area contributed by atoms with Crippen molar-refractivity contribution in [2.45, 2.75) is 25.9 Å². The molecular formula is C11H16N2O4S2. The van der Waals surface area contributed by atoms with Gasteiger partial charge in [-0.05, 0) is 13.3 Å². The first-order valence-electron chi connectivity index (χ1n) is 5.92. The average molecular weight is 304 g/mol. The number of hydrogen-bond acceptors (Lipinski definition) is 6. The van der Waals surface area contributed by atoms with E-state index in [1.165, 1.54) is 11.3 Å². The lowest BCUT2D eigenvalue weighted by atomic mass is 10.2. The van der Waals surface area contributed by atoms with Crippen molar-refractivity contribution in [2.24, 2.45) is 0 Å². The van der Waals surface area contributed by atoms with Crippen LogP contribution in [0.1, 0.15) is 17.0 Å². The van der Waals surface area contributed by atoms with Crippen LogP contribution in [0.2, 0.25) is 0 Å². The first-order chi connectivity index (χ1) is 8.87. The van der Waals surface area contributed by atoms with Gasteiger partial charge in [-0.3, -0.25) is 9.69 Å². The normalized spacial score (nSPS) is 21.9. The third kappa shape index (κ3) is 3.74. The maximum atomic E-state index is 11.5. The summed E-state index contributed by atoms with van der Waals surface area (Å²) in [5.74, 6) is -0.736. The monoisotopic (exact) mass is 304 g/mol. The maximum absolute atomic E-state index is 11.5. The first kappa shape index (κ1) is 14.4. The molecule has 0 saturated carbocycles. The number of thiazole rings is 1. The number of aryl methyl sites for hydroxylation is 1. The van der Waals surface area contributed by atoms with Crippen LogP contribution in [-0.4, -0.2) is 53.5 Å². The van der Waals surface area contributed by atoms with Gasteiger partial charge in [0, 0.05) is 17.5 Å². The Hall–Kier alpha value is -0.990. The van der Waals surface area contributed by atoms with Gasteiger partial charge < -0.3 is 5.11 Å². The van der Waals surface area contributed by atoms with Gasteiger partial charge in [-0.2, -0.15) is 0 Å². The number of carbonyl (C=O) groups is 1. The van der Waals surface area contributed by atoms with E-state index < -0.39 is 15.8 Å². The molecule has 0 spiro atoms. The lowest BCUT2D eigenvalue weighted by Crippen LogP contribution is -2.39. The number of rotatable bonds is 5. The van der Waals surface area contributed by atoms with Gasteiger partial charge in [0.2, 0.25) is 0 Å². The fourth-order valence-corrected chi connectivity index (χ4v) is 4.78. The summed E-state index contributed by atoms with van der Waals surface area (Å²) in [7, 11) is -3.01. The summed E-state index contributed by atoms with van der Waals surface area (Å²) >= 11 is 1.47. The number of nitrogens with zero attached hydrogens (tertiary/aromatic N) is 2. The van der Waals surface area contributed by atoms with Crippen molar-refractivity contribution in [1.29, 1.82) is 0 Å². The molecule has 1 aliphatic rings. The van der Waals surface area contributed by atoms with E-state index in [-0.39, 0.29) is 24.1 Å². The molecule has 0 radical (unpaired) electrons. The van der Waals surface area contributed by atoms with Gasteiger partial charge in [0.05, 0.1) is 29.3 Å². The molecule has 0 amide bonds. The molecule has 6 nitrogen and oxygen atoms in total. The van der Waals surface area contributed by atoms with Crippen molar-refractivity contribution in [3.8, 4) is 0 Å². The quantitative estimate of drug-likeness (QED) is 0.853. The Bertz CT molecular complexity index is 567. The fraction of sp³-hybridized carbons (Fsp3) is 0.636. The highest BCUT2D eigenvalue weighted by molar-refractivity contribution is 7.91. The molecule has 8 heteroatoms. The highest BCUT2D eigenvalue weighted by Crippen LogP contribution is 2.22. The van der Waals surface area contributed by atoms with Crippen molar-refractivity contribution in [2.75, 3.05) is 18.1 Å². The number of sulfone groups is 1. The lowest BCUT2D eigenvalue weighted by molar-refractivity contribution is -0.139. The van der Waals surface area contributed by atoms with Crippen LogP contribution in [-0.2, 0) is 21.2 Å². The van der Waals surface area contributed by atoms with Crippen LogP contribution in [0.4, 0.5) is 0 Å². The Morgan fingerprint density at radius 1 is 1.63 bits per heavy atom. The topological polar surface area (TPSA) is 87.6 Å². The van der Waals surface area contributed by atoms with Gasteiger partial charge in [-0.15, -0.1) is 11.3 Å². The van der Waals surface area contributed by atoms with E-state index in [1.54, 1.807) is 10.4 Å². The minimum atomic E-state index is -3.01. The number of aliphatic carboxylic acids is 1. The largest absolute Gasteiger partial charge is 0.480 e. The van der Waals surface area contributed by atoms with E-state index in [0.29, 0.717) is 13.0 Å². The van der Waals surface area contributed by atoms with E-state index in [4.69, 9.17) is 5.11 Å². The summed E-state index contributed by atoms with van der Waals surface area (Å²) in [5.41, 5.74) is 2.59. The van der Waals surface area contributed by atoms with Crippen molar-refractivity contribution < 1.29 is 18.3 Å². The summed E-state index contributed by atoms with van der Waals surface area (Å²) in [6.45, 7) is 2.18. The minimum absolute atomic E-state index is 0.0537. The Balaban J connectivity index is 2.12. The van der Waals surface area contributed by atoms with E-state index in [2.05, 4.69) is 4.98 Å². The molecule has 2 rings (SSSR count). The Morgan fingerprint density at radius 3 is 2.84 bits per heavy atom. The molecule has 2 heterocycles. The molecule has 0 aromatic carbocycles. The van der Waals surface area contributed by atoms with Gasteiger partial charge in [-0.1, -0.05) is 0 Å². The van der Waals surface area contributed by atoms with Crippen molar-refractivity contribution in [3.63, 3.8) is 0 Å². The second-order valence-corrected chi connectivity index (χ2v) is 7.88. The van der Waals surface area contributed by atoms with Crippen LogP contribution < -0.4 is 0 Å². The molecule has 1 aromatic rings. The molecule has 1 N–H and O–H groups in total. The summed E-state index contributed by atoms with van der Waals surface area (Å²) in [4.78, 5) is 17.8. The zero-order valence-corrected chi connectivity index (χ0v) is 12.2. The van der Waals surface area contributed by atoms with Gasteiger partial charge in [-0.25, -0.2) is 13.4 Å². The Kier molecular flexibility index (Phi) is 4.22. The lowest BCUT2D eigenvalue weighted by Gasteiger charge is -2.25. The zero-order chi connectivity index (χ0) is 14.0. The second-order valence-electron chi connectivity index (χ2n) is 4.72. The molecular weight excluding hydrogens is 288 g/mol. The van der Waals surface area contributed by atoms with Crippen molar-refractivity contribution in [1.82, 2.24) is 9.88 Å². The van der Waals surface area contributed by atoms with Crippen LogP contribution in [0.3, 0.4) is 0 Å². The van der Waals surface area contributed by atoms with Gasteiger partial charge in [0.25, 0.3) is 0 Å². The van der Waals surface area contributed by atoms with E-state index in [0.717, 1.165) is 10.6 Å². The van der Waals surface area contributed by atoms with Crippen LogP contribution in [0.15, 0.2) is 5.51 Å². The van der Waals surface area contributed by atoms with E-state index in [9.17, 15) is 13.2 Å². The molecule has 1 atom stereocenters. The van der Waals surface area contributed by atoms with Crippen LogP contribution in [0, 0.1) is 6.92 Å². The second kappa shape index (κ2) is 5.56. The standard InChI is InChI=1S/C11H16N2O4S2/c1-8-10(18-7-12-8)4-13(5-11(14)15)9-2-3-19(16,17)6-9/h7,9H,2-6H2,1H3,(H,14,15). The fourth-order valence-electron chi connectivity index (χ4n) is 2.21. The summed E-state index contributed by atoms with van der Waals surface area (Å²) < 4.78 is 23.0. The molecule has 1 aromatic heterocycles. The number of aromatic nitrogens is 1. The van der Waals surface area contributed by atoms with Gasteiger partial charge >= 0.3 is 5.97 Å². The molecule has 0 bridgehead atoms. The number of carboxylic acid groups (broad SMARTS) is 1. The van der Waals surface area contributed by atoms with Crippen molar-refractivity contribution >= 4 is 27.1 Å². The van der Waals surface area contributed by atoms with E-state index >= 15 is 0 Å². The highest BCUT2D eigenvalue weighted by Gasteiger charge is 2.33. The van der Waals surface area contributed by atoms with Gasteiger partial charge in [0.15, 0.2) is 9.84 Å². The SMILES string of the molecule is Cc1ncsc1CN(CC(=O)O)C1CCS(=O)(=O)C1. The molecule has 1 unspecified atom stereocenters. The maximum Gasteiger partial charge on any atom is 0.317 e. The van der Waals surface area contributed by atoms with E-state index in [1.807, 2.05) is 6.92 Å². The van der Waals surface area contributed by atoms with Gasteiger partial charge in [0.1, 0.15) is 0 Å². The molecule has 0 aliphatic carbocycles. The van der Waals surface area contributed by atoms with Crippen LogP contribution >= 0.6 is 11.3 Å². The smallest absolute Gasteiger partial charge is 0.317 e. The van der Waals surface area contributed by atoms with Crippen LogP contribution in [0.25, 0.3) is 0 Å². The van der Waals surface area contributed by atoms with Crippen LogP contribution in [0.5, 0.6) is 0 Å². The number of hydrogen-bond donors (Lipinski definition) is 1. The molecule has 1 aliphatic heterocycles. The molecule has 1 fully saturated rings. The van der Waals surface area contributed by atoms with Crippen molar-refractivity contribution in [3.05, 3.63) is 16.1 Å². The third-order valence-corrected chi connectivity index (χ3v) is 5.92. The molecule has 106 valence electrons. The third-order valence-electron chi connectivity index (χ3n) is 3.25. The summed E-state index contributed by atoms with van der Waals surface area (Å²) in [6, 6.07) is -0.206. The first-order valence-corrected chi connectivity index (χ1v) is 8.63. The highest BCUT2D eigenvalue weighted by atomic mass is 32.2. The average Bonchev–Trinajstić information content (AvgIpc) is 2.84. The predicted molar refractivity (Wildman–Crippen MR) is 72.0 cm³/mol. The Labute approximate surface area is 116 Å². The Morgan fingerprint density at radius 2 is 2.37 bits per heavy atom. The predicted octanol–water partition coefficient (Wildman–Crippen LogP) is 0.525. The zero-order valence-electron chi connectivity index (χ0n) is 10.6. The minimum Gasteiger partial charge on any atom is -0.480 e. The summed E-state index contributed by atoms with van der Waals surface area (Å²) in [6.07, 6.45) is 0.507. The molecule has 19 heavy (non-hydrogen) atoms. The molecule has 1 saturated heterocycles.